The van der Waals surface area contributed by atoms with Crippen molar-refractivity contribution in [1.82, 2.24) is 0 Å². The molecule has 0 aliphatic heterocycles. The second kappa shape index (κ2) is 4.99. The summed E-state index contributed by atoms with van der Waals surface area (Å²) in [6, 6.07) is 6.62. The van der Waals surface area contributed by atoms with Crippen molar-refractivity contribution >= 4 is 17.4 Å². The number of amides is 1. The van der Waals surface area contributed by atoms with Crippen LogP contribution >= 0.6 is 0 Å². The molecule has 0 saturated heterocycles. The molecule has 3 nitrogen and oxygen atoms in total. The Morgan fingerprint density at radius 1 is 1.18 bits per heavy atom. The summed E-state index contributed by atoms with van der Waals surface area (Å²) in [5, 5.41) is 0. The monoisotopic (exact) mass is 245 g/mol. The second-order valence-electron chi connectivity index (χ2n) is 3.41. The molecule has 0 aromatic heterocycles. The molecule has 0 radical (unpaired) electrons. The molecule has 1 aromatic carbocycles. The number of nitrogens with zero attached hydrogens (tertiary/aromatic N) is 1. The Morgan fingerprint density at radius 3 is 2.12 bits per heavy atom. The highest BCUT2D eigenvalue weighted by Gasteiger charge is 2.42. The molecule has 0 saturated carbocycles. The molecule has 0 N–H and O–H groups in total. The molecule has 0 fully saturated rings. The molecular formula is C11H10F3NO2. The lowest BCUT2D eigenvalue weighted by molar-refractivity contribution is -0.150. The summed E-state index contributed by atoms with van der Waals surface area (Å²) in [7, 11) is 0. The van der Waals surface area contributed by atoms with E-state index in [1.807, 2.05) is 0 Å². The molecule has 1 aromatic rings. The molecule has 92 valence electrons. The van der Waals surface area contributed by atoms with Crippen LogP contribution in [0.15, 0.2) is 30.3 Å². The maximum atomic E-state index is 12.7. The fourth-order valence-corrected chi connectivity index (χ4v) is 1.30. The maximum Gasteiger partial charge on any atom is 0.491 e. The Balaban J connectivity index is 3.06. The van der Waals surface area contributed by atoms with Crippen molar-refractivity contribution in [2.24, 2.45) is 0 Å². The van der Waals surface area contributed by atoms with Crippen molar-refractivity contribution in [3.63, 3.8) is 0 Å². The number of ketones is 1. The number of halogens is 3. The molecule has 0 aliphatic rings. The topological polar surface area (TPSA) is 37.4 Å². The average molecular weight is 245 g/mol. The van der Waals surface area contributed by atoms with Crippen LogP contribution in [-0.4, -0.2) is 18.0 Å². The van der Waals surface area contributed by atoms with E-state index in [4.69, 9.17) is 0 Å². The number of carbonyl (C=O) groups is 2. The minimum atomic E-state index is -4.84. The predicted molar refractivity (Wildman–Crippen MR) is 55.3 cm³/mol. The van der Waals surface area contributed by atoms with E-state index >= 15 is 0 Å². The number of Topliss-reactive ketones (excluding diaryl/α,β-unsaturated/α-hetero) is 1. The lowest BCUT2D eigenvalue weighted by atomic mass is 10.2. The summed E-state index contributed by atoms with van der Waals surface area (Å²) in [6.45, 7) is 1.07. The van der Waals surface area contributed by atoms with Crippen LogP contribution in [0.4, 0.5) is 18.9 Å². The first-order valence-corrected chi connectivity index (χ1v) is 4.76. The van der Waals surface area contributed by atoms with Crippen LogP contribution in [0.5, 0.6) is 0 Å². The van der Waals surface area contributed by atoms with Gasteiger partial charge in [0.15, 0.2) is 0 Å². The average Bonchev–Trinajstić information content (AvgIpc) is 2.15. The van der Waals surface area contributed by atoms with Gasteiger partial charge >= 0.3 is 6.30 Å². The summed E-state index contributed by atoms with van der Waals surface area (Å²) in [6.07, 6.45) is -5.61. The number of para-hydroxylation sites is 1. The zero-order valence-electron chi connectivity index (χ0n) is 8.99. The van der Waals surface area contributed by atoms with Crippen LogP contribution in [0.1, 0.15) is 13.3 Å². The molecule has 0 atom stereocenters. The molecule has 1 rings (SSSR count). The molecule has 17 heavy (non-hydrogen) atoms. The van der Waals surface area contributed by atoms with E-state index in [2.05, 4.69) is 0 Å². The molecular weight excluding hydrogens is 235 g/mol. The van der Waals surface area contributed by atoms with Crippen LogP contribution < -0.4 is 4.90 Å². The van der Waals surface area contributed by atoms with Gasteiger partial charge in [-0.3, -0.25) is 9.59 Å². The van der Waals surface area contributed by atoms with Crippen LogP contribution in [0.2, 0.25) is 0 Å². The van der Waals surface area contributed by atoms with Crippen molar-refractivity contribution in [1.29, 1.82) is 0 Å². The maximum absolute atomic E-state index is 12.7. The highest BCUT2D eigenvalue weighted by atomic mass is 19.4. The molecule has 0 unspecified atom stereocenters. The standard InChI is InChI=1S/C11H10F3NO2/c1-8(16)7-10(17)15(11(12,13)14)9-5-3-2-4-6-9/h2-6H,7H2,1H3. The van der Waals surface area contributed by atoms with Crippen molar-refractivity contribution in [2.45, 2.75) is 19.6 Å². The zero-order valence-corrected chi connectivity index (χ0v) is 8.99. The summed E-state index contributed by atoms with van der Waals surface area (Å²) in [5.41, 5.74) is -0.300. The van der Waals surface area contributed by atoms with Gasteiger partial charge in [0.25, 0.3) is 0 Å². The number of benzene rings is 1. The van der Waals surface area contributed by atoms with E-state index in [0.29, 0.717) is 0 Å². The second-order valence-corrected chi connectivity index (χ2v) is 3.41. The first-order valence-electron chi connectivity index (χ1n) is 4.76. The molecule has 6 heteroatoms. The number of hydrogen-bond donors (Lipinski definition) is 0. The Morgan fingerprint density at radius 2 is 1.71 bits per heavy atom. The van der Waals surface area contributed by atoms with Crippen LogP contribution in [0.25, 0.3) is 0 Å². The van der Waals surface area contributed by atoms with E-state index in [0.717, 1.165) is 19.1 Å². The van der Waals surface area contributed by atoms with Gasteiger partial charge in [0.2, 0.25) is 5.91 Å². The van der Waals surface area contributed by atoms with E-state index in [1.165, 1.54) is 18.2 Å². The van der Waals surface area contributed by atoms with Gasteiger partial charge < -0.3 is 0 Å². The van der Waals surface area contributed by atoms with E-state index in [9.17, 15) is 22.8 Å². The third kappa shape index (κ3) is 3.58. The summed E-state index contributed by atoms with van der Waals surface area (Å²) < 4.78 is 38.1. The van der Waals surface area contributed by atoms with Crippen molar-refractivity contribution in [2.75, 3.05) is 4.90 Å². The SMILES string of the molecule is CC(=O)CC(=O)N(c1ccccc1)C(F)(F)F. The summed E-state index contributed by atoms with van der Waals surface area (Å²) >= 11 is 0. The normalized spacial score (nSPS) is 11.1. The van der Waals surface area contributed by atoms with Gasteiger partial charge in [0, 0.05) is 0 Å². The van der Waals surface area contributed by atoms with E-state index in [-0.39, 0.29) is 10.6 Å². The van der Waals surface area contributed by atoms with Gasteiger partial charge in [-0.05, 0) is 19.1 Å². The highest BCUT2D eigenvalue weighted by Crippen LogP contribution is 2.28. The number of carbonyl (C=O) groups excluding carboxylic acids is 2. The van der Waals surface area contributed by atoms with Gasteiger partial charge in [-0.15, -0.1) is 13.2 Å². The molecule has 0 bridgehead atoms. The minimum Gasteiger partial charge on any atom is -0.299 e. The fourth-order valence-electron chi connectivity index (χ4n) is 1.30. The number of alkyl halides is 3. The third-order valence-corrected chi connectivity index (χ3v) is 1.92. The fraction of sp³-hybridized carbons (Fsp3) is 0.273. The van der Waals surface area contributed by atoms with E-state index in [1.54, 1.807) is 0 Å². The van der Waals surface area contributed by atoms with Crippen molar-refractivity contribution < 1.29 is 22.8 Å². The van der Waals surface area contributed by atoms with Gasteiger partial charge in [0.1, 0.15) is 5.78 Å². The Kier molecular flexibility index (Phi) is 3.88. The zero-order chi connectivity index (χ0) is 13.1. The number of hydrogen-bond acceptors (Lipinski definition) is 2. The number of rotatable bonds is 3. The molecule has 0 heterocycles. The smallest absolute Gasteiger partial charge is 0.299 e. The lowest BCUT2D eigenvalue weighted by Crippen LogP contribution is -2.43. The largest absolute Gasteiger partial charge is 0.491 e. The quantitative estimate of drug-likeness (QED) is 0.606. The molecule has 1 amide bonds. The minimum absolute atomic E-state index is 0.300. The Bertz CT molecular complexity index is 414. The van der Waals surface area contributed by atoms with Gasteiger partial charge in [-0.2, -0.15) is 0 Å². The van der Waals surface area contributed by atoms with Gasteiger partial charge in [0.05, 0.1) is 12.1 Å². The summed E-state index contributed by atoms with van der Waals surface area (Å²) in [5.74, 6) is -1.89. The molecule has 0 aliphatic carbocycles. The third-order valence-electron chi connectivity index (χ3n) is 1.92. The summed E-state index contributed by atoms with van der Waals surface area (Å²) in [4.78, 5) is 21.8. The highest BCUT2D eigenvalue weighted by molar-refractivity contribution is 6.05. The van der Waals surface area contributed by atoms with Crippen LogP contribution in [-0.2, 0) is 9.59 Å². The van der Waals surface area contributed by atoms with Crippen molar-refractivity contribution in [3.8, 4) is 0 Å². The van der Waals surface area contributed by atoms with E-state index < -0.39 is 24.4 Å². The first kappa shape index (κ1) is 13.2. The first-order chi connectivity index (χ1) is 7.82. The van der Waals surface area contributed by atoms with Crippen LogP contribution in [0, 0.1) is 0 Å². The molecule has 0 spiro atoms. The predicted octanol–water partition coefficient (Wildman–Crippen LogP) is 2.52. The van der Waals surface area contributed by atoms with Crippen molar-refractivity contribution in [3.05, 3.63) is 30.3 Å². The van der Waals surface area contributed by atoms with Gasteiger partial charge in [-0.1, -0.05) is 18.2 Å². The Hall–Kier alpha value is -1.85. The number of anilines is 1. The Labute approximate surface area is 95.8 Å². The van der Waals surface area contributed by atoms with Gasteiger partial charge in [-0.25, -0.2) is 4.90 Å². The van der Waals surface area contributed by atoms with Crippen LogP contribution in [0.3, 0.4) is 0 Å². The lowest BCUT2D eigenvalue weighted by Gasteiger charge is -2.24.